The number of hydrogen-bond acceptors (Lipinski definition) is 2. The van der Waals surface area contributed by atoms with Crippen LogP contribution in [0, 0.1) is 0 Å². The minimum atomic E-state index is -4.30. The van der Waals surface area contributed by atoms with Crippen molar-refractivity contribution in [1.82, 2.24) is 4.98 Å². The Kier molecular flexibility index (Phi) is 3.80. The Labute approximate surface area is 107 Å². The van der Waals surface area contributed by atoms with Gasteiger partial charge in [-0.2, -0.15) is 24.9 Å². The second kappa shape index (κ2) is 5.18. The number of thioether (sulfide) groups is 1. The molecule has 18 heavy (non-hydrogen) atoms. The van der Waals surface area contributed by atoms with Gasteiger partial charge in [0.15, 0.2) is 0 Å². The van der Waals surface area contributed by atoms with Crippen molar-refractivity contribution in [3.8, 4) is 0 Å². The summed E-state index contributed by atoms with van der Waals surface area (Å²) < 4.78 is 37.6. The summed E-state index contributed by atoms with van der Waals surface area (Å²) in [6, 6.07) is 7.12. The number of halogens is 3. The maximum Gasteiger partial charge on any atom is 0.416 e. The lowest BCUT2D eigenvalue weighted by molar-refractivity contribution is -0.137. The third-order valence-electron chi connectivity index (χ3n) is 2.53. The normalized spacial score (nSPS) is 12.0. The Morgan fingerprint density at radius 1 is 1.17 bits per heavy atom. The summed E-state index contributed by atoms with van der Waals surface area (Å²) in [6.45, 7) is 2.06. The zero-order valence-electron chi connectivity index (χ0n) is 9.79. The van der Waals surface area contributed by atoms with Crippen LogP contribution in [0.5, 0.6) is 0 Å². The van der Waals surface area contributed by atoms with E-state index in [1.165, 1.54) is 6.07 Å². The molecule has 1 aromatic heterocycles. The van der Waals surface area contributed by atoms with Crippen molar-refractivity contribution < 1.29 is 13.2 Å². The lowest BCUT2D eigenvalue weighted by Crippen LogP contribution is -2.04. The molecule has 2 rings (SSSR count). The second-order valence-corrected chi connectivity index (χ2v) is 5.12. The molecule has 0 atom stereocenters. The number of benzene rings is 1. The van der Waals surface area contributed by atoms with Gasteiger partial charge in [0.2, 0.25) is 0 Å². The molecule has 0 amide bonds. The molecule has 2 aromatic rings. The minimum Gasteiger partial charge on any atom is -0.252 e. The second-order valence-electron chi connectivity index (χ2n) is 3.84. The largest absolute Gasteiger partial charge is 0.416 e. The number of hydrogen-bond donors (Lipinski definition) is 0. The summed E-state index contributed by atoms with van der Waals surface area (Å²) in [6.07, 6.45) is -4.30. The molecule has 0 saturated heterocycles. The zero-order chi connectivity index (χ0) is 13.2. The average molecular weight is 271 g/mol. The van der Waals surface area contributed by atoms with E-state index in [4.69, 9.17) is 0 Å². The lowest BCUT2D eigenvalue weighted by Gasteiger charge is -2.08. The fraction of sp³-hybridized carbons (Fsp3) is 0.308. The van der Waals surface area contributed by atoms with E-state index in [1.807, 2.05) is 0 Å². The molecule has 0 aliphatic carbocycles. The van der Waals surface area contributed by atoms with Gasteiger partial charge >= 0.3 is 6.18 Å². The maximum absolute atomic E-state index is 12.5. The minimum absolute atomic E-state index is 0.523. The Morgan fingerprint density at radius 3 is 2.61 bits per heavy atom. The van der Waals surface area contributed by atoms with Crippen LogP contribution in [0.3, 0.4) is 0 Å². The number of rotatable bonds is 3. The number of alkyl halides is 3. The quantitative estimate of drug-likeness (QED) is 0.814. The van der Waals surface area contributed by atoms with Crippen molar-refractivity contribution in [2.45, 2.75) is 18.9 Å². The number of pyridine rings is 1. The van der Waals surface area contributed by atoms with E-state index in [1.54, 1.807) is 23.9 Å². The molecular weight excluding hydrogens is 259 g/mol. The van der Waals surface area contributed by atoms with E-state index in [9.17, 15) is 13.2 Å². The molecule has 5 heteroatoms. The van der Waals surface area contributed by atoms with Crippen LogP contribution in [-0.4, -0.2) is 10.7 Å². The molecule has 1 nitrogen and oxygen atoms in total. The third kappa shape index (κ3) is 2.96. The number of aromatic nitrogens is 1. The van der Waals surface area contributed by atoms with E-state index in [0.29, 0.717) is 10.9 Å². The van der Waals surface area contributed by atoms with Gasteiger partial charge in [-0.1, -0.05) is 13.0 Å². The number of fused-ring (bicyclic) bond motifs is 1. The molecule has 0 unspecified atom stereocenters. The molecule has 1 heterocycles. The van der Waals surface area contributed by atoms with Gasteiger partial charge in [0.05, 0.1) is 16.8 Å². The van der Waals surface area contributed by atoms with Gasteiger partial charge in [-0.15, -0.1) is 0 Å². The summed E-state index contributed by atoms with van der Waals surface area (Å²) in [5.41, 5.74) is 0.874. The van der Waals surface area contributed by atoms with E-state index < -0.39 is 11.7 Å². The zero-order valence-corrected chi connectivity index (χ0v) is 10.6. The summed E-state index contributed by atoms with van der Waals surface area (Å²) in [5, 5.41) is 0.523. The van der Waals surface area contributed by atoms with E-state index in [0.717, 1.165) is 29.3 Å². The first kappa shape index (κ1) is 13.2. The smallest absolute Gasteiger partial charge is 0.252 e. The van der Waals surface area contributed by atoms with Crippen LogP contribution in [0.25, 0.3) is 10.9 Å². The first-order valence-electron chi connectivity index (χ1n) is 5.55. The van der Waals surface area contributed by atoms with E-state index >= 15 is 0 Å². The Balaban J connectivity index is 2.36. The highest BCUT2D eigenvalue weighted by Crippen LogP contribution is 2.31. The first-order chi connectivity index (χ1) is 8.50. The summed E-state index contributed by atoms with van der Waals surface area (Å²) in [7, 11) is 0. The molecule has 1 aromatic carbocycles. The van der Waals surface area contributed by atoms with Crippen molar-refractivity contribution in [1.29, 1.82) is 0 Å². The van der Waals surface area contributed by atoms with Crippen molar-refractivity contribution in [3.63, 3.8) is 0 Å². The summed E-state index contributed by atoms with van der Waals surface area (Å²) in [4.78, 5) is 4.35. The van der Waals surface area contributed by atoms with Gasteiger partial charge in [-0.3, -0.25) is 4.98 Å². The Morgan fingerprint density at radius 2 is 1.94 bits per heavy atom. The fourth-order valence-electron chi connectivity index (χ4n) is 1.63. The highest BCUT2D eigenvalue weighted by Gasteiger charge is 2.30. The summed E-state index contributed by atoms with van der Waals surface area (Å²) >= 11 is 1.73. The molecule has 0 bridgehead atoms. The molecule has 0 radical (unpaired) electrons. The van der Waals surface area contributed by atoms with Gasteiger partial charge in [0, 0.05) is 11.1 Å². The van der Waals surface area contributed by atoms with Crippen LogP contribution in [-0.2, 0) is 11.9 Å². The molecule has 0 spiro atoms. The van der Waals surface area contributed by atoms with Crippen LogP contribution < -0.4 is 0 Å². The SMILES string of the molecule is CCSCc1ccc2cc(C(F)(F)F)ccc2n1. The van der Waals surface area contributed by atoms with Crippen LogP contribution in [0.2, 0.25) is 0 Å². The van der Waals surface area contributed by atoms with Crippen LogP contribution >= 0.6 is 11.8 Å². The lowest BCUT2D eigenvalue weighted by atomic mass is 10.1. The predicted molar refractivity (Wildman–Crippen MR) is 68.6 cm³/mol. The van der Waals surface area contributed by atoms with Crippen LogP contribution in [0.15, 0.2) is 30.3 Å². The summed E-state index contributed by atoms with van der Waals surface area (Å²) in [5.74, 6) is 1.78. The van der Waals surface area contributed by atoms with Crippen molar-refractivity contribution in [2.75, 3.05) is 5.75 Å². The van der Waals surface area contributed by atoms with Gasteiger partial charge in [0.25, 0.3) is 0 Å². The van der Waals surface area contributed by atoms with Crippen LogP contribution in [0.1, 0.15) is 18.2 Å². The molecule has 0 fully saturated rings. The van der Waals surface area contributed by atoms with Crippen molar-refractivity contribution in [3.05, 3.63) is 41.6 Å². The molecule has 96 valence electrons. The Bertz CT molecular complexity index is 551. The fourth-order valence-corrected chi connectivity index (χ4v) is 2.21. The predicted octanol–water partition coefficient (Wildman–Crippen LogP) is 4.51. The molecule has 0 saturated carbocycles. The van der Waals surface area contributed by atoms with Gasteiger partial charge in [-0.05, 0) is 30.0 Å². The molecule has 0 N–H and O–H groups in total. The van der Waals surface area contributed by atoms with Crippen LogP contribution in [0.4, 0.5) is 13.2 Å². The topological polar surface area (TPSA) is 12.9 Å². The average Bonchev–Trinajstić information content (AvgIpc) is 2.34. The molecule has 0 aliphatic rings. The molecule has 0 aliphatic heterocycles. The monoisotopic (exact) mass is 271 g/mol. The highest BCUT2D eigenvalue weighted by atomic mass is 32.2. The molecular formula is C13H12F3NS. The van der Waals surface area contributed by atoms with Crippen molar-refractivity contribution in [2.24, 2.45) is 0 Å². The van der Waals surface area contributed by atoms with Gasteiger partial charge in [-0.25, -0.2) is 0 Å². The van der Waals surface area contributed by atoms with E-state index in [2.05, 4.69) is 11.9 Å². The van der Waals surface area contributed by atoms with Gasteiger partial charge in [0.1, 0.15) is 0 Å². The van der Waals surface area contributed by atoms with E-state index in [-0.39, 0.29) is 0 Å². The third-order valence-corrected chi connectivity index (χ3v) is 3.44. The standard InChI is InChI=1S/C13H12F3NS/c1-2-18-8-11-5-3-9-7-10(13(14,15)16)4-6-12(9)17-11/h3-7H,2,8H2,1H3. The number of nitrogens with zero attached hydrogens (tertiary/aromatic N) is 1. The van der Waals surface area contributed by atoms with Crippen molar-refractivity contribution >= 4 is 22.7 Å². The Hall–Kier alpha value is -1.23. The highest BCUT2D eigenvalue weighted by molar-refractivity contribution is 7.98. The first-order valence-corrected chi connectivity index (χ1v) is 6.71. The maximum atomic E-state index is 12.5. The van der Waals surface area contributed by atoms with Gasteiger partial charge < -0.3 is 0 Å².